The molecule has 3 rings (SSSR count). The topological polar surface area (TPSA) is 74.5 Å². The first-order valence-electron chi connectivity index (χ1n) is 7.97. The lowest BCUT2D eigenvalue weighted by Gasteiger charge is -2.07. The van der Waals surface area contributed by atoms with Crippen molar-refractivity contribution in [3.63, 3.8) is 0 Å². The summed E-state index contributed by atoms with van der Waals surface area (Å²) in [5, 5.41) is 2.75. The van der Waals surface area contributed by atoms with Gasteiger partial charge in [-0.1, -0.05) is 0 Å². The summed E-state index contributed by atoms with van der Waals surface area (Å²) in [6, 6.07) is 14.1. The van der Waals surface area contributed by atoms with Gasteiger partial charge in [0.25, 0.3) is 0 Å². The Hall–Kier alpha value is -3.48. The van der Waals surface area contributed by atoms with Gasteiger partial charge in [-0.25, -0.2) is 4.79 Å². The molecule has 0 fully saturated rings. The molecule has 0 aliphatic carbocycles. The van der Waals surface area contributed by atoms with Gasteiger partial charge in [-0.2, -0.15) is 0 Å². The van der Waals surface area contributed by atoms with E-state index < -0.39 is 0 Å². The van der Waals surface area contributed by atoms with Crippen molar-refractivity contribution in [2.24, 2.45) is 0 Å². The molecule has 7 heteroatoms. The van der Waals surface area contributed by atoms with E-state index >= 15 is 0 Å². The Balaban J connectivity index is 1.70. The molecule has 3 aromatic rings. The minimum absolute atomic E-state index is 0.0754. The number of hydrogen-bond acceptors (Lipinski definition) is 4. The third-order valence-corrected chi connectivity index (χ3v) is 3.89. The molecule has 1 N–H and O–H groups in total. The zero-order chi connectivity index (χ0) is 18.5. The SMILES string of the molecule is COc1ccc(NC(=O)Cn2ccn(-c3ccc(OC)cc3)c2=O)cc1. The maximum atomic E-state index is 12.5. The Morgan fingerprint density at radius 2 is 1.50 bits per heavy atom. The standard InChI is InChI=1S/C19H19N3O4/c1-25-16-7-3-14(4-8-16)20-18(23)13-21-11-12-22(19(21)24)15-5-9-17(26-2)10-6-15/h3-12H,13H2,1-2H3,(H,20,23). The van der Waals surface area contributed by atoms with E-state index in [2.05, 4.69) is 5.32 Å². The Morgan fingerprint density at radius 3 is 2.08 bits per heavy atom. The molecule has 26 heavy (non-hydrogen) atoms. The lowest BCUT2D eigenvalue weighted by atomic mass is 10.3. The van der Waals surface area contributed by atoms with Crippen LogP contribution in [-0.4, -0.2) is 29.3 Å². The maximum Gasteiger partial charge on any atom is 0.333 e. The predicted octanol–water partition coefficient (Wildman–Crippen LogP) is 2.29. The van der Waals surface area contributed by atoms with E-state index in [0.29, 0.717) is 22.9 Å². The number of rotatable bonds is 6. The summed E-state index contributed by atoms with van der Waals surface area (Å²) < 4.78 is 13.0. The number of nitrogens with zero attached hydrogens (tertiary/aromatic N) is 2. The van der Waals surface area contributed by atoms with Crippen LogP contribution in [0, 0.1) is 0 Å². The lowest BCUT2D eigenvalue weighted by Crippen LogP contribution is -2.28. The number of ether oxygens (including phenoxy) is 2. The molecule has 0 aliphatic heterocycles. The number of nitrogens with one attached hydrogen (secondary N) is 1. The fourth-order valence-electron chi connectivity index (χ4n) is 2.50. The molecule has 2 aromatic carbocycles. The number of amides is 1. The first-order valence-corrected chi connectivity index (χ1v) is 7.97. The molecule has 1 aromatic heterocycles. The number of methoxy groups -OCH3 is 2. The van der Waals surface area contributed by atoms with Crippen LogP contribution in [-0.2, 0) is 11.3 Å². The third kappa shape index (κ3) is 3.77. The van der Waals surface area contributed by atoms with Gasteiger partial charge >= 0.3 is 5.69 Å². The van der Waals surface area contributed by atoms with Crippen molar-refractivity contribution in [3.8, 4) is 17.2 Å². The molecule has 0 saturated heterocycles. The summed E-state index contributed by atoms with van der Waals surface area (Å²) in [4.78, 5) is 24.7. The fraction of sp³-hybridized carbons (Fsp3) is 0.158. The summed E-state index contributed by atoms with van der Waals surface area (Å²) in [5.41, 5.74) is 1.04. The van der Waals surface area contributed by atoms with Crippen molar-refractivity contribution < 1.29 is 14.3 Å². The highest BCUT2D eigenvalue weighted by Gasteiger charge is 2.10. The fourth-order valence-corrected chi connectivity index (χ4v) is 2.50. The lowest BCUT2D eigenvalue weighted by molar-refractivity contribution is -0.116. The molecule has 7 nitrogen and oxygen atoms in total. The van der Waals surface area contributed by atoms with E-state index in [-0.39, 0.29) is 18.1 Å². The number of benzene rings is 2. The molecule has 0 bridgehead atoms. The highest BCUT2D eigenvalue weighted by atomic mass is 16.5. The summed E-state index contributed by atoms with van der Waals surface area (Å²) >= 11 is 0. The molecule has 0 saturated carbocycles. The van der Waals surface area contributed by atoms with E-state index in [1.165, 1.54) is 9.13 Å². The van der Waals surface area contributed by atoms with Crippen LogP contribution in [0.5, 0.6) is 11.5 Å². The van der Waals surface area contributed by atoms with Crippen molar-refractivity contribution in [1.82, 2.24) is 9.13 Å². The summed E-state index contributed by atoms with van der Waals surface area (Å²) in [7, 11) is 3.16. The molecule has 134 valence electrons. The molecule has 0 radical (unpaired) electrons. The summed E-state index contributed by atoms with van der Waals surface area (Å²) in [6.07, 6.45) is 3.21. The molecule has 0 atom stereocenters. The van der Waals surface area contributed by atoms with Crippen molar-refractivity contribution in [2.75, 3.05) is 19.5 Å². The maximum absolute atomic E-state index is 12.5. The normalized spacial score (nSPS) is 10.4. The Kier molecular flexibility index (Phi) is 5.07. The second-order valence-electron chi connectivity index (χ2n) is 5.55. The van der Waals surface area contributed by atoms with Crippen molar-refractivity contribution >= 4 is 11.6 Å². The van der Waals surface area contributed by atoms with Gasteiger partial charge < -0.3 is 14.8 Å². The molecule has 0 unspecified atom stereocenters. The van der Waals surface area contributed by atoms with E-state index in [0.717, 1.165) is 0 Å². The van der Waals surface area contributed by atoms with Crippen LogP contribution >= 0.6 is 0 Å². The molecular formula is C19H19N3O4. The Morgan fingerprint density at radius 1 is 0.923 bits per heavy atom. The van der Waals surface area contributed by atoms with Gasteiger partial charge in [0.05, 0.1) is 19.9 Å². The van der Waals surface area contributed by atoms with E-state index in [1.54, 1.807) is 75.1 Å². The molecule has 0 aliphatic rings. The minimum Gasteiger partial charge on any atom is -0.497 e. The van der Waals surface area contributed by atoms with Gasteiger partial charge in [0, 0.05) is 18.1 Å². The van der Waals surface area contributed by atoms with Crippen molar-refractivity contribution in [3.05, 3.63) is 71.4 Å². The average molecular weight is 353 g/mol. The average Bonchev–Trinajstić information content (AvgIpc) is 3.02. The van der Waals surface area contributed by atoms with Crippen LogP contribution in [0.3, 0.4) is 0 Å². The zero-order valence-electron chi connectivity index (χ0n) is 14.5. The van der Waals surface area contributed by atoms with Crippen LogP contribution in [0.4, 0.5) is 5.69 Å². The number of carbonyl (C=O) groups excluding carboxylic acids is 1. The quantitative estimate of drug-likeness (QED) is 0.738. The Bertz CT molecular complexity index is 940. The first-order chi connectivity index (χ1) is 12.6. The highest BCUT2D eigenvalue weighted by molar-refractivity contribution is 5.90. The van der Waals surface area contributed by atoms with Crippen LogP contribution in [0.2, 0.25) is 0 Å². The third-order valence-electron chi connectivity index (χ3n) is 3.89. The highest BCUT2D eigenvalue weighted by Crippen LogP contribution is 2.15. The molecule has 0 spiro atoms. The second-order valence-corrected chi connectivity index (χ2v) is 5.55. The van der Waals surface area contributed by atoms with E-state index in [4.69, 9.17) is 9.47 Å². The van der Waals surface area contributed by atoms with Gasteiger partial charge in [0.2, 0.25) is 5.91 Å². The van der Waals surface area contributed by atoms with Crippen molar-refractivity contribution in [1.29, 1.82) is 0 Å². The number of anilines is 1. The van der Waals surface area contributed by atoms with Gasteiger partial charge in [0.15, 0.2) is 0 Å². The van der Waals surface area contributed by atoms with Gasteiger partial charge in [0.1, 0.15) is 18.0 Å². The molecule has 1 heterocycles. The van der Waals surface area contributed by atoms with E-state index in [1.807, 2.05) is 0 Å². The summed E-state index contributed by atoms with van der Waals surface area (Å²) in [6.45, 7) is -0.0754. The second kappa shape index (κ2) is 7.60. The van der Waals surface area contributed by atoms with Crippen LogP contribution < -0.4 is 20.5 Å². The largest absolute Gasteiger partial charge is 0.497 e. The van der Waals surface area contributed by atoms with Crippen LogP contribution in [0.15, 0.2) is 65.7 Å². The van der Waals surface area contributed by atoms with Crippen molar-refractivity contribution in [2.45, 2.75) is 6.54 Å². The smallest absolute Gasteiger partial charge is 0.333 e. The summed E-state index contributed by atoms with van der Waals surface area (Å²) in [5.74, 6) is 1.13. The molecule has 1 amide bonds. The number of imidazole rings is 1. The minimum atomic E-state index is -0.292. The van der Waals surface area contributed by atoms with Crippen LogP contribution in [0.1, 0.15) is 0 Å². The zero-order valence-corrected chi connectivity index (χ0v) is 14.5. The van der Waals surface area contributed by atoms with Gasteiger partial charge in [-0.05, 0) is 48.5 Å². The van der Waals surface area contributed by atoms with Gasteiger partial charge in [-0.15, -0.1) is 0 Å². The Labute approximate surface area is 150 Å². The molecular weight excluding hydrogens is 334 g/mol. The van der Waals surface area contributed by atoms with Gasteiger partial charge in [-0.3, -0.25) is 13.9 Å². The van der Waals surface area contributed by atoms with E-state index in [9.17, 15) is 9.59 Å². The number of hydrogen-bond donors (Lipinski definition) is 1. The number of aromatic nitrogens is 2. The first kappa shape index (κ1) is 17.3. The monoisotopic (exact) mass is 353 g/mol. The van der Waals surface area contributed by atoms with Crippen LogP contribution in [0.25, 0.3) is 5.69 Å². The number of carbonyl (C=O) groups is 1. The predicted molar refractivity (Wildman–Crippen MR) is 98.2 cm³/mol.